The second kappa shape index (κ2) is 8.00. The first-order valence-electron chi connectivity index (χ1n) is 7.77. The number of rotatable bonds is 9. The molecule has 0 spiro atoms. The molecule has 2 rings (SSSR count). The minimum Gasteiger partial charge on any atom is -0.481 e. The van der Waals surface area contributed by atoms with Crippen LogP contribution in [0.3, 0.4) is 0 Å². The molecular weight excluding hydrogens is 294 g/mol. The van der Waals surface area contributed by atoms with Crippen LogP contribution in [0.25, 0.3) is 0 Å². The number of carbonyl (C=O) groups is 1. The lowest BCUT2D eigenvalue weighted by Crippen LogP contribution is -2.30. The minimum atomic E-state index is -0.323. The van der Waals surface area contributed by atoms with E-state index in [2.05, 4.69) is 25.2 Å². The smallest absolute Gasteiger partial charge is 0.274 e. The third-order valence-electron chi connectivity index (χ3n) is 3.65. The second-order valence-electron chi connectivity index (χ2n) is 6.14. The molecule has 1 saturated heterocycles. The van der Waals surface area contributed by atoms with E-state index in [4.69, 9.17) is 20.7 Å². The molecule has 124 valence electrons. The zero-order valence-corrected chi connectivity index (χ0v) is 13.6. The number of hydroxylamine groups is 1. The molecule has 0 aliphatic carbocycles. The highest BCUT2D eigenvalue weighted by Crippen LogP contribution is 2.33. The molecule has 0 aromatic heterocycles. The molecule has 1 aromatic rings. The van der Waals surface area contributed by atoms with Gasteiger partial charge < -0.3 is 9.47 Å². The van der Waals surface area contributed by atoms with Gasteiger partial charge in [0.2, 0.25) is 0 Å². The number of carbonyl (C=O) groups excluding carboxylic acids is 1. The summed E-state index contributed by atoms with van der Waals surface area (Å²) in [7, 11) is 0. The van der Waals surface area contributed by atoms with Gasteiger partial charge in [-0.25, -0.2) is 5.48 Å². The van der Waals surface area contributed by atoms with Crippen LogP contribution >= 0.6 is 0 Å². The maximum atomic E-state index is 12.1. The molecule has 5 nitrogen and oxygen atoms in total. The van der Waals surface area contributed by atoms with Crippen molar-refractivity contribution in [3.63, 3.8) is 0 Å². The van der Waals surface area contributed by atoms with Crippen molar-refractivity contribution in [3.8, 4) is 18.1 Å². The zero-order valence-electron chi connectivity index (χ0n) is 13.6. The van der Waals surface area contributed by atoms with Crippen molar-refractivity contribution in [3.05, 3.63) is 29.8 Å². The van der Waals surface area contributed by atoms with E-state index in [0.717, 1.165) is 12.8 Å². The summed E-state index contributed by atoms with van der Waals surface area (Å²) in [6.07, 6.45) is 7.16. The van der Waals surface area contributed by atoms with E-state index in [1.807, 2.05) is 0 Å². The zero-order chi connectivity index (χ0) is 16.7. The Hall–Kier alpha value is -2.03. The third-order valence-corrected chi connectivity index (χ3v) is 3.65. The topological polar surface area (TPSA) is 60.1 Å². The fraction of sp³-hybridized carbons (Fsp3) is 0.500. The number of benzene rings is 1. The number of epoxide rings is 1. The summed E-state index contributed by atoms with van der Waals surface area (Å²) >= 11 is 0. The fourth-order valence-electron chi connectivity index (χ4n) is 2.10. The standard InChI is InChI=1S/C18H23NO4/c1-4-10-21-16-7-5-6-15(11-16)17(20)19-23-13-18(12-22-18)9-8-14(2)3/h1,5-7,11,14H,8-10,12-13H2,2-3H3,(H,19,20). The highest BCUT2D eigenvalue weighted by Gasteiger charge is 2.45. The molecule has 1 amide bonds. The molecule has 1 fully saturated rings. The summed E-state index contributed by atoms with van der Waals surface area (Å²) in [6, 6.07) is 6.78. The van der Waals surface area contributed by atoms with Crippen molar-refractivity contribution in [2.45, 2.75) is 32.3 Å². The molecular formula is C18H23NO4. The van der Waals surface area contributed by atoms with E-state index in [1.54, 1.807) is 24.3 Å². The summed E-state index contributed by atoms with van der Waals surface area (Å²) in [4.78, 5) is 17.4. The number of amides is 1. The van der Waals surface area contributed by atoms with E-state index in [0.29, 0.717) is 30.4 Å². The van der Waals surface area contributed by atoms with Gasteiger partial charge in [0.1, 0.15) is 24.6 Å². The Balaban J connectivity index is 1.78. The molecule has 1 aliphatic heterocycles. The molecule has 23 heavy (non-hydrogen) atoms. The van der Waals surface area contributed by atoms with Gasteiger partial charge in [-0.1, -0.05) is 25.8 Å². The van der Waals surface area contributed by atoms with Gasteiger partial charge >= 0.3 is 0 Å². The van der Waals surface area contributed by atoms with Gasteiger partial charge in [-0.3, -0.25) is 9.63 Å². The first-order chi connectivity index (χ1) is 11.0. The number of nitrogens with one attached hydrogen (secondary N) is 1. The first-order valence-corrected chi connectivity index (χ1v) is 7.77. The van der Waals surface area contributed by atoms with E-state index < -0.39 is 0 Å². The van der Waals surface area contributed by atoms with Crippen LogP contribution in [0.15, 0.2) is 24.3 Å². The van der Waals surface area contributed by atoms with Crippen molar-refractivity contribution in [1.82, 2.24) is 5.48 Å². The molecule has 1 unspecified atom stereocenters. The van der Waals surface area contributed by atoms with Gasteiger partial charge in [-0.15, -0.1) is 6.42 Å². The number of terminal acetylenes is 1. The average Bonchev–Trinajstić information content (AvgIpc) is 3.31. The van der Waals surface area contributed by atoms with Crippen molar-refractivity contribution in [1.29, 1.82) is 0 Å². The molecule has 1 aliphatic rings. The maximum absolute atomic E-state index is 12.1. The number of hydrogen-bond donors (Lipinski definition) is 1. The number of hydrogen-bond acceptors (Lipinski definition) is 4. The van der Waals surface area contributed by atoms with E-state index >= 15 is 0 Å². The second-order valence-corrected chi connectivity index (χ2v) is 6.14. The SMILES string of the molecule is C#CCOc1cccc(C(=O)NOCC2(CCC(C)C)CO2)c1. The summed E-state index contributed by atoms with van der Waals surface area (Å²) in [5, 5.41) is 0. The van der Waals surface area contributed by atoms with Gasteiger partial charge in [0, 0.05) is 5.56 Å². The molecule has 5 heteroatoms. The largest absolute Gasteiger partial charge is 0.481 e. The van der Waals surface area contributed by atoms with Gasteiger partial charge in [-0.2, -0.15) is 0 Å². The van der Waals surface area contributed by atoms with E-state index in [9.17, 15) is 4.79 Å². The molecule has 1 N–H and O–H groups in total. The lowest BCUT2D eigenvalue weighted by molar-refractivity contribution is 0.00566. The summed E-state index contributed by atoms with van der Waals surface area (Å²) in [5.74, 6) is 3.23. The van der Waals surface area contributed by atoms with Crippen molar-refractivity contribution >= 4 is 5.91 Å². The summed E-state index contributed by atoms with van der Waals surface area (Å²) in [5.41, 5.74) is 2.68. The van der Waals surface area contributed by atoms with Crippen LogP contribution in [0, 0.1) is 18.3 Å². The van der Waals surface area contributed by atoms with Gasteiger partial charge in [0.25, 0.3) is 5.91 Å². The minimum absolute atomic E-state index is 0.164. The van der Waals surface area contributed by atoms with E-state index in [1.165, 1.54) is 0 Å². The predicted molar refractivity (Wildman–Crippen MR) is 86.9 cm³/mol. The van der Waals surface area contributed by atoms with Crippen LogP contribution in [0.1, 0.15) is 37.0 Å². The highest BCUT2D eigenvalue weighted by molar-refractivity contribution is 5.93. The molecule has 1 aromatic carbocycles. The molecule has 1 atom stereocenters. The Kier molecular flexibility index (Phi) is 6.03. The Morgan fingerprint density at radius 2 is 2.30 bits per heavy atom. The van der Waals surface area contributed by atoms with Crippen molar-refractivity contribution < 1.29 is 19.1 Å². The highest BCUT2D eigenvalue weighted by atomic mass is 16.7. The van der Waals surface area contributed by atoms with E-state index in [-0.39, 0.29) is 18.1 Å². The van der Waals surface area contributed by atoms with Crippen LogP contribution in [-0.4, -0.2) is 31.3 Å². The van der Waals surface area contributed by atoms with Gasteiger partial charge in [-0.05, 0) is 37.0 Å². The Morgan fingerprint density at radius 1 is 1.52 bits per heavy atom. The normalized spacial score (nSPS) is 19.2. The van der Waals surface area contributed by atoms with Crippen molar-refractivity contribution in [2.75, 3.05) is 19.8 Å². The lowest BCUT2D eigenvalue weighted by Gasteiger charge is -2.14. The Labute approximate surface area is 137 Å². The first kappa shape index (κ1) is 17.3. The molecule has 0 saturated carbocycles. The van der Waals surface area contributed by atoms with Crippen LogP contribution in [0.2, 0.25) is 0 Å². The number of ether oxygens (including phenoxy) is 2. The lowest BCUT2D eigenvalue weighted by atomic mass is 9.99. The fourth-order valence-corrected chi connectivity index (χ4v) is 2.10. The summed E-state index contributed by atoms with van der Waals surface area (Å²) < 4.78 is 10.8. The van der Waals surface area contributed by atoms with Gasteiger partial charge in [0.15, 0.2) is 0 Å². The average molecular weight is 317 g/mol. The Bertz CT molecular complexity index is 573. The Morgan fingerprint density at radius 3 is 2.96 bits per heavy atom. The summed E-state index contributed by atoms with van der Waals surface area (Å²) in [6.45, 7) is 5.56. The molecule has 0 radical (unpaired) electrons. The van der Waals surface area contributed by atoms with Crippen LogP contribution in [-0.2, 0) is 9.57 Å². The van der Waals surface area contributed by atoms with Crippen LogP contribution in [0.4, 0.5) is 0 Å². The van der Waals surface area contributed by atoms with Crippen molar-refractivity contribution in [2.24, 2.45) is 5.92 Å². The molecule has 1 heterocycles. The quantitative estimate of drug-likeness (QED) is 0.432. The maximum Gasteiger partial charge on any atom is 0.274 e. The third kappa shape index (κ3) is 5.59. The van der Waals surface area contributed by atoms with Crippen LogP contribution < -0.4 is 10.2 Å². The van der Waals surface area contributed by atoms with Crippen LogP contribution in [0.5, 0.6) is 5.75 Å². The predicted octanol–water partition coefficient (Wildman–Crippen LogP) is 2.57. The monoisotopic (exact) mass is 317 g/mol. The van der Waals surface area contributed by atoms with Gasteiger partial charge in [0.05, 0.1) is 6.61 Å². The molecule has 0 bridgehead atoms.